The molecule has 5 aromatic rings. The number of halogens is 1. The summed E-state index contributed by atoms with van der Waals surface area (Å²) < 4.78 is 11.5. The standard InChI is InChI=1S/C29H25ClN2O3/c1-4-17(2)18-10-12-26-25(14-18)32-29(35-26)21-9-11-23(30)24(15-21)31-28(33)22-13-19-7-5-6-8-20(19)16-27(22)34-3/h5-17H,4H2,1-3H3,(H,31,33). The van der Waals surface area contributed by atoms with Crippen LogP contribution in [0.5, 0.6) is 5.75 Å². The molecule has 0 fully saturated rings. The van der Waals surface area contributed by atoms with Crippen LogP contribution in [-0.4, -0.2) is 18.0 Å². The van der Waals surface area contributed by atoms with E-state index in [1.54, 1.807) is 19.2 Å². The number of anilines is 1. The maximum Gasteiger partial charge on any atom is 0.259 e. The summed E-state index contributed by atoms with van der Waals surface area (Å²) in [6.07, 6.45) is 1.05. The topological polar surface area (TPSA) is 64.4 Å². The average molecular weight is 485 g/mol. The monoisotopic (exact) mass is 484 g/mol. The highest BCUT2D eigenvalue weighted by molar-refractivity contribution is 6.34. The number of rotatable bonds is 6. The van der Waals surface area contributed by atoms with E-state index in [1.165, 1.54) is 5.56 Å². The lowest BCUT2D eigenvalue weighted by Gasteiger charge is -2.12. The second-order valence-electron chi connectivity index (χ2n) is 8.60. The van der Waals surface area contributed by atoms with Crippen molar-refractivity contribution < 1.29 is 13.9 Å². The molecule has 1 unspecified atom stereocenters. The van der Waals surface area contributed by atoms with E-state index in [4.69, 9.17) is 20.8 Å². The molecule has 1 N–H and O–H groups in total. The quantitative estimate of drug-likeness (QED) is 0.264. The largest absolute Gasteiger partial charge is 0.496 e. The molecule has 0 aliphatic heterocycles. The predicted molar refractivity (Wildman–Crippen MR) is 142 cm³/mol. The van der Waals surface area contributed by atoms with Crippen molar-refractivity contribution >= 4 is 45.1 Å². The lowest BCUT2D eigenvalue weighted by Crippen LogP contribution is -2.13. The Balaban J connectivity index is 1.47. The molecule has 0 aliphatic carbocycles. The number of ether oxygens (including phenoxy) is 1. The Morgan fingerprint density at radius 3 is 2.57 bits per heavy atom. The van der Waals surface area contributed by atoms with Gasteiger partial charge in [0.2, 0.25) is 5.89 Å². The number of hydrogen-bond donors (Lipinski definition) is 1. The molecule has 176 valence electrons. The summed E-state index contributed by atoms with van der Waals surface area (Å²) in [5.41, 5.74) is 4.36. The van der Waals surface area contributed by atoms with Crippen LogP contribution in [0.15, 0.2) is 77.2 Å². The second-order valence-corrected chi connectivity index (χ2v) is 9.01. The van der Waals surface area contributed by atoms with Gasteiger partial charge in [0.05, 0.1) is 23.4 Å². The summed E-state index contributed by atoms with van der Waals surface area (Å²) in [6, 6.07) is 22.9. The molecule has 35 heavy (non-hydrogen) atoms. The van der Waals surface area contributed by atoms with Crippen LogP contribution in [0.1, 0.15) is 42.1 Å². The molecule has 0 bridgehead atoms. The third-order valence-electron chi connectivity index (χ3n) is 6.37. The number of hydrogen-bond acceptors (Lipinski definition) is 4. The summed E-state index contributed by atoms with van der Waals surface area (Å²) in [7, 11) is 1.55. The molecule has 0 spiro atoms. The summed E-state index contributed by atoms with van der Waals surface area (Å²) in [4.78, 5) is 17.9. The third-order valence-corrected chi connectivity index (χ3v) is 6.70. The van der Waals surface area contributed by atoms with Crippen molar-refractivity contribution in [2.24, 2.45) is 0 Å². The number of fused-ring (bicyclic) bond motifs is 2. The minimum atomic E-state index is -0.317. The van der Waals surface area contributed by atoms with Crippen molar-refractivity contribution in [2.45, 2.75) is 26.2 Å². The minimum Gasteiger partial charge on any atom is -0.496 e. The van der Waals surface area contributed by atoms with Gasteiger partial charge in [-0.15, -0.1) is 0 Å². The van der Waals surface area contributed by atoms with Gasteiger partial charge >= 0.3 is 0 Å². The Morgan fingerprint density at radius 2 is 1.83 bits per heavy atom. The SMILES string of the molecule is CCC(C)c1ccc2oc(-c3ccc(Cl)c(NC(=O)c4cc5ccccc5cc4OC)c3)nc2c1. The fraction of sp³-hybridized carbons (Fsp3) is 0.172. The van der Waals surface area contributed by atoms with Crippen molar-refractivity contribution in [2.75, 3.05) is 12.4 Å². The molecule has 0 saturated heterocycles. The van der Waals surface area contributed by atoms with E-state index in [9.17, 15) is 4.79 Å². The first kappa shape index (κ1) is 22.9. The van der Waals surface area contributed by atoms with Gasteiger partial charge in [0, 0.05) is 5.56 Å². The molecule has 4 aromatic carbocycles. The molecule has 5 rings (SSSR count). The maximum absolute atomic E-state index is 13.2. The van der Waals surface area contributed by atoms with E-state index in [2.05, 4.69) is 36.3 Å². The lowest BCUT2D eigenvalue weighted by atomic mass is 9.98. The molecule has 0 saturated carbocycles. The van der Waals surface area contributed by atoms with Crippen molar-refractivity contribution in [3.63, 3.8) is 0 Å². The first-order valence-electron chi connectivity index (χ1n) is 11.6. The van der Waals surface area contributed by atoms with Gasteiger partial charge in [0.15, 0.2) is 5.58 Å². The number of carbonyl (C=O) groups is 1. The zero-order valence-corrected chi connectivity index (χ0v) is 20.5. The van der Waals surface area contributed by atoms with Gasteiger partial charge in [-0.25, -0.2) is 4.98 Å². The number of nitrogens with zero attached hydrogens (tertiary/aromatic N) is 1. The van der Waals surface area contributed by atoms with Crippen LogP contribution in [0.3, 0.4) is 0 Å². The average Bonchev–Trinajstić information content (AvgIpc) is 3.32. The van der Waals surface area contributed by atoms with Crippen molar-refractivity contribution in [1.82, 2.24) is 4.98 Å². The van der Waals surface area contributed by atoms with Gasteiger partial charge in [0.1, 0.15) is 11.3 Å². The van der Waals surface area contributed by atoms with Gasteiger partial charge in [-0.2, -0.15) is 0 Å². The highest BCUT2D eigenvalue weighted by Crippen LogP contribution is 2.33. The smallest absolute Gasteiger partial charge is 0.259 e. The van der Waals surface area contributed by atoms with Crippen LogP contribution < -0.4 is 10.1 Å². The van der Waals surface area contributed by atoms with Crippen molar-refractivity contribution in [3.8, 4) is 17.2 Å². The second kappa shape index (κ2) is 9.43. The molecule has 1 atom stereocenters. The Kier molecular flexibility index (Phi) is 6.18. The normalized spacial score (nSPS) is 12.1. The lowest BCUT2D eigenvalue weighted by molar-refractivity contribution is 0.102. The van der Waals surface area contributed by atoms with Gasteiger partial charge in [-0.3, -0.25) is 4.79 Å². The molecule has 0 aliphatic rings. The molecule has 1 amide bonds. The van der Waals surface area contributed by atoms with Crippen LogP contribution in [0.25, 0.3) is 33.3 Å². The maximum atomic E-state index is 13.2. The van der Waals surface area contributed by atoms with E-state index in [-0.39, 0.29) is 5.91 Å². The minimum absolute atomic E-state index is 0.317. The Labute approximate surface area is 208 Å². The van der Waals surface area contributed by atoms with Crippen LogP contribution in [-0.2, 0) is 0 Å². The summed E-state index contributed by atoms with van der Waals surface area (Å²) in [5, 5.41) is 5.27. The number of benzene rings is 4. The predicted octanol–water partition coefficient (Wildman–Crippen LogP) is 8.08. The molecule has 0 radical (unpaired) electrons. The molecular weight excluding hydrogens is 460 g/mol. The van der Waals surface area contributed by atoms with E-state index in [1.807, 2.05) is 48.5 Å². The number of aromatic nitrogens is 1. The Bertz CT molecular complexity index is 1560. The van der Waals surface area contributed by atoms with E-state index >= 15 is 0 Å². The number of nitrogens with one attached hydrogen (secondary N) is 1. The van der Waals surface area contributed by atoms with Gasteiger partial charge in [-0.05, 0) is 71.1 Å². The van der Waals surface area contributed by atoms with Crippen LogP contribution in [0, 0.1) is 0 Å². The van der Waals surface area contributed by atoms with Crippen LogP contribution >= 0.6 is 11.6 Å². The Hall–Kier alpha value is -3.83. The van der Waals surface area contributed by atoms with Crippen molar-refractivity contribution in [1.29, 1.82) is 0 Å². The van der Waals surface area contributed by atoms with Gasteiger partial charge < -0.3 is 14.5 Å². The molecule has 1 heterocycles. The highest BCUT2D eigenvalue weighted by atomic mass is 35.5. The molecular formula is C29H25ClN2O3. The van der Waals surface area contributed by atoms with Crippen LogP contribution in [0.2, 0.25) is 5.02 Å². The molecule has 6 heteroatoms. The number of methoxy groups -OCH3 is 1. The van der Waals surface area contributed by atoms with E-state index < -0.39 is 0 Å². The summed E-state index contributed by atoms with van der Waals surface area (Å²) in [5.74, 6) is 1.09. The highest BCUT2D eigenvalue weighted by Gasteiger charge is 2.17. The fourth-order valence-corrected chi connectivity index (χ4v) is 4.28. The number of amides is 1. The molecule has 1 aromatic heterocycles. The first-order valence-corrected chi connectivity index (χ1v) is 11.9. The summed E-state index contributed by atoms with van der Waals surface area (Å²) in [6.45, 7) is 4.36. The van der Waals surface area contributed by atoms with Gasteiger partial charge in [0.25, 0.3) is 5.91 Å². The zero-order chi connectivity index (χ0) is 24.5. The molecule has 5 nitrogen and oxygen atoms in total. The van der Waals surface area contributed by atoms with E-state index in [0.717, 1.165) is 28.3 Å². The van der Waals surface area contributed by atoms with Gasteiger partial charge in [-0.1, -0.05) is 55.8 Å². The van der Waals surface area contributed by atoms with Crippen LogP contribution in [0.4, 0.5) is 5.69 Å². The number of carbonyl (C=O) groups excluding carboxylic acids is 1. The third kappa shape index (κ3) is 4.47. The number of oxazole rings is 1. The fourth-order valence-electron chi connectivity index (χ4n) is 4.12. The zero-order valence-electron chi connectivity index (χ0n) is 19.8. The van der Waals surface area contributed by atoms with Crippen molar-refractivity contribution in [3.05, 3.63) is 88.9 Å². The summed E-state index contributed by atoms with van der Waals surface area (Å²) >= 11 is 6.44. The Morgan fingerprint density at radius 1 is 1.06 bits per heavy atom. The van der Waals surface area contributed by atoms with E-state index in [0.29, 0.717) is 39.4 Å². The first-order chi connectivity index (χ1) is 17.0.